The SMILES string of the molecule is CCOc1ccc2c(c1)c(-c1ccc(C(C)C)cc1)nc(=O)n2/C=C/c1ccc(OC)c(Cl)c1. The largest absolute Gasteiger partial charge is 0.495 e. The average Bonchev–Trinajstić information content (AvgIpc) is 2.83. The van der Waals surface area contributed by atoms with Gasteiger partial charge >= 0.3 is 5.69 Å². The molecular formula is C28H27ClN2O3. The zero-order valence-electron chi connectivity index (χ0n) is 19.7. The van der Waals surface area contributed by atoms with E-state index in [2.05, 4.69) is 31.0 Å². The molecule has 0 saturated carbocycles. The van der Waals surface area contributed by atoms with Crippen LogP contribution in [0.15, 0.2) is 65.5 Å². The lowest BCUT2D eigenvalue weighted by molar-refractivity contribution is 0.340. The minimum absolute atomic E-state index is 0.365. The lowest BCUT2D eigenvalue weighted by atomic mass is 9.99. The van der Waals surface area contributed by atoms with E-state index in [4.69, 9.17) is 21.1 Å². The topological polar surface area (TPSA) is 53.3 Å². The van der Waals surface area contributed by atoms with Gasteiger partial charge in [0.25, 0.3) is 0 Å². The number of halogens is 1. The van der Waals surface area contributed by atoms with Crippen LogP contribution in [0.4, 0.5) is 0 Å². The van der Waals surface area contributed by atoms with Crippen molar-refractivity contribution in [2.45, 2.75) is 26.7 Å². The molecule has 1 heterocycles. The van der Waals surface area contributed by atoms with Crippen LogP contribution in [-0.4, -0.2) is 23.3 Å². The highest BCUT2D eigenvalue weighted by Gasteiger charge is 2.13. The zero-order valence-corrected chi connectivity index (χ0v) is 20.5. The molecule has 4 aromatic rings. The van der Waals surface area contributed by atoms with E-state index >= 15 is 0 Å². The number of rotatable bonds is 7. The van der Waals surface area contributed by atoms with Crippen molar-refractivity contribution in [2.24, 2.45) is 0 Å². The third-order valence-electron chi connectivity index (χ3n) is 5.65. The van der Waals surface area contributed by atoms with Gasteiger partial charge in [0, 0.05) is 17.1 Å². The molecular weight excluding hydrogens is 448 g/mol. The summed E-state index contributed by atoms with van der Waals surface area (Å²) in [7, 11) is 1.57. The Kier molecular flexibility index (Phi) is 7.03. The summed E-state index contributed by atoms with van der Waals surface area (Å²) in [5.41, 5.74) is 3.97. The third-order valence-corrected chi connectivity index (χ3v) is 5.95. The summed E-state index contributed by atoms with van der Waals surface area (Å²) >= 11 is 6.25. The van der Waals surface area contributed by atoms with E-state index in [1.807, 2.05) is 49.4 Å². The number of fused-ring (bicyclic) bond motifs is 1. The van der Waals surface area contributed by atoms with Gasteiger partial charge in [0.05, 0.1) is 29.9 Å². The minimum Gasteiger partial charge on any atom is -0.495 e. The van der Waals surface area contributed by atoms with Gasteiger partial charge in [-0.1, -0.05) is 55.8 Å². The molecule has 0 radical (unpaired) electrons. The molecule has 1 aromatic heterocycles. The van der Waals surface area contributed by atoms with Gasteiger partial charge in [-0.05, 0) is 60.4 Å². The van der Waals surface area contributed by atoms with Crippen LogP contribution >= 0.6 is 11.6 Å². The molecule has 0 atom stereocenters. The Morgan fingerprint density at radius 2 is 1.82 bits per heavy atom. The van der Waals surface area contributed by atoms with E-state index in [0.717, 1.165) is 27.8 Å². The monoisotopic (exact) mass is 474 g/mol. The molecule has 3 aromatic carbocycles. The molecule has 0 fully saturated rings. The van der Waals surface area contributed by atoms with E-state index in [9.17, 15) is 4.79 Å². The Bertz CT molecular complexity index is 1410. The Hall–Kier alpha value is -3.57. The average molecular weight is 475 g/mol. The second-order valence-corrected chi connectivity index (χ2v) is 8.62. The second kappa shape index (κ2) is 10.1. The van der Waals surface area contributed by atoms with Gasteiger partial charge in [-0.25, -0.2) is 4.79 Å². The number of ether oxygens (including phenoxy) is 2. The van der Waals surface area contributed by atoms with E-state index in [-0.39, 0.29) is 5.69 Å². The molecule has 0 N–H and O–H groups in total. The summed E-state index contributed by atoms with van der Waals surface area (Å²) < 4.78 is 12.5. The molecule has 0 aliphatic carbocycles. The summed E-state index contributed by atoms with van der Waals surface area (Å²) in [5.74, 6) is 1.75. The Morgan fingerprint density at radius 1 is 1.06 bits per heavy atom. The first-order valence-corrected chi connectivity index (χ1v) is 11.6. The van der Waals surface area contributed by atoms with Crippen molar-refractivity contribution in [3.05, 3.63) is 87.3 Å². The maximum atomic E-state index is 13.1. The molecule has 4 rings (SSSR count). The predicted molar refractivity (Wildman–Crippen MR) is 140 cm³/mol. The fourth-order valence-corrected chi connectivity index (χ4v) is 4.09. The zero-order chi connectivity index (χ0) is 24.2. The molecule has 174 valence electrons. The first-order valence-electron chi connectivity index (χ1n) is 11.2. The van der Waals surface area contributed by atoms with E-state index in [0.29, 0.717) is 29.0 Å². The van der Waals surface area contributed by atoms with Gasteiger partial charge in [-0.3, -0.25) is 4.57 Å². The van der Waals surface area contributed by atoms with Crippen molar-refractivity contribution in [2.75, 3.05) is 13.7 Å². The molecule has 0 unspecified atom stereocenters. The van der Waals surface area contributed by atoms with Crippen molar-refractivity contribution in [3.63, 3.8) is 0 Å². The first-order chi connectivity index (χ1) is 16.4. The normalized spacial score (nSPS) is 11.5. The van der Waals surface area contributed by atoms with Crippen LogP contribution in [0.2, 0.25) is 5.02 Å². The predicted octanol–water partition coefficient (Wildman–Crippen LogP) is 6.88. The quantitative estimate of drug-likeness (QED) is 0.293. The highest BCUT2D eigenvalue weighted by atomic mass is 35.5. The van der Waals surface area contributed by atoms with E-state index in [1.165, 1.54) is 10.1 Å². The summed E-state index contributed by atoms with van der Waals surface area (Å²) in [6, 6.07) is 19.3. The number of nitrogens with zero attached hydrogens (tertiary/aromatic N) is 2. The number of hydrogen-bond donors (Lipinski definition) is 0. The third kappa shape index (κ3) is 4.85. The highest BCUT2D eigenvalue weighted by Crippen LogP contribution is 2.30. The van der Waals surface area contributed by atoms with Crippen LogP contribution < -0.4 is 15.2 Å². The summed E-state index contributed by atoms with van der Waals surface area (Å²) in [5, 5.41) is 1.33. The van der Waals surface area contributed by atoms with Gasteiger partial charge in [0.2, 0.25) is 0 Å². The number of methoxy groups -OCH3 is 1. The van der Waals surface area contributed by atoms with E-state index < -0.39 is 0 Å². The van der Waals surface area contributed by atoms with Crippen LogP contribution in [0.1, 0.15) is 37.8 Å². The van der Waals surface area contributed by atoms with Crippen molar-refractivity contribution < 1.29 is 9.47 Å². The first kappa shape index (κ1) is 23.6. The van der Waals surface area contributed by atoms with Crippen molar-refractivity contribution >= 4 is 34.8 Å². The van der Waals surface area contributed by atoms with Crippen LogP contribution in [-0.2, 0) is 0 Å². The molecule has 34 heavy (non-hydrogen) atoms. The lowest BCUT2D eigenvalue weighted by Crippen LogP contribution is -2.20. The smallest absolute Gasteiger partial charge is 0.352 e. The lowest BCUT2D eigenvalue weighted by Gasteiger charge is -2.13. The maximum Gasteiger partial charge on any atom is 0.352 e. The van der Waals surface area contributed by atoms with Gasteiger partial charge in [0.15, 0.2) is 0 Å². The molecule has 0 aliphatic rings. The number of benzene rings is 3. The Labute approximate surface area is 204 Å². The summed E-state index contributed by atoms with van der Waals surface area (Å²) in [6.45, 7) is 6.80. The molecule has 0 saturated heterocycles. The van der Waals surface area contributed by atoms with Crippen molar-refractivity contribution in [3.8, 4) is 22.8 Å². The minimum atomic E-state index is -0.365. The van der Waals surface area contributed by atoms with E-state index in [1.54, 1.807) is 25.4 Å². The molecule has 5 nitrogen and oxygen atoms in total. The molecule has 6 heteroatoms. The Balaban J connectivity index is 1.85. The van der Waals surface area contributed by atoms with Crippen molar-refractivity contribution in [1.29, 1.82) is 0 Å². The molecule has 0 aliphatic heterocycles. The Morgan fingerprint density at radius 3 is 2.47 bits per heavy atom. The summed E-state index contributed by atoms with van der Waals surface area (Å²) in [6.07, 6.45) is 3.53. The fraction of sp³-hybridized carbons (Fsp3) is 0.214. The second-order valence-electron chi connectivity index (χ2n) is 8.21. The van der Waals surface area contributed by atoms with Gasteiger partial charge in [-0.2, -0.15) is 4.98 Å². The molecule has 0 bridgehead atoms. The van der Waals surface area contributed by atoms with Gasteiger partial charge < -0.3 is 9.47 Å². The highest BCUT2D eigenvalue weighted by molar-refractivity contribution is 6.32. The van der Waals surface area contributed by atoms with Crippen LogP contribution in [0, 0.1) is 0 Å². The standard InChI is InChI=1S/C28H27ClN2O3/c1-5-34-22-11-12-25-23(17-22)27(21-9-7-20(8-10-21)18(2)3)30-28(32)31(25)15-14-19-6-13-26(33-4)24(29)16-19/h6-18H,5H2,1-4H3/b15-14+. The molecule has 0 amide bonds. The number of hydrogen-bond acceptors (Lipinski definition) is 4. The summed E-state index contributed by atoms with van der Waals surface area (Å²) in [4.78, 5) is 17.6. The maximum absolute atomic E-state index is 13.1. The van der Waals surface area contributed by atoms with Gasteiger partial charge in [0.1, 0.15) is 11.5 Å². The van der Waals surface area contributed by atoms with Crippen LogP contribution in [0.5, 0.6) is 11.5 Å². The number of aromatic nitrogens is 2. The van der Waals surface area contributed by atoms with Crippen LogP contribution in [0.25, 0.3) is 34.4 Å². The molecule has 0 spiro atoms. The van der Waals surface area contributed by atoms with Crippen molar-refractivity contribution in [1.82, 2.24) is 9.55 Å². The van der Waals surface area contributed by atoms with Crippen LogP contribution in [0.3, 0.4) is 0 Å². The fourth-order valence-electron chi connectivity index (χ4n) is 3.82. The van der Waals surface area contributed by atoms with Gasteiger partial charge in [-0.15, -0.1) is 0 Å².